The Kier molecular flexibility index (Phi) is 5.87. The van der Waals surface area contributed by atoms with E-state index < -0.39 is 0 Å². The predicted molar refractivity (Wildman–Crippen MR) is 131 cm³/mol. The lowest BCUT2D eigenvalue weighted by atomic mass is 10.1. The van der Waals surface area contributed by atoms with Gasteiger partial charge in [-0.1, -0.05) is 90.5 Å². The molecule has 6 heteroatoms. The van der Waals surface area contributed by atoms with Gasteiger partial charge in [0.05, 0.1) is 11.4 Å². The van der Waals surface area contributed by atoms with Gasteiger partial charge >= 0.3 is 0 Å². The highest BCUT2D eigenvalue weighted by Gasteiger charge is 2.18. The second kappa shape index (κ2) is 9.27. The maximum Gasteiger partial charge on any atom is 0.270 e. The Morgan fingerprint density at radius 2 is 1.55 bits per heavy atom. The van der Waals surface area contributed by atoms with Crippen LogP contribution in [-0.2, 0) is 6.42 Å². The van der Waals surface area contributed by atoms with Crippen LogP contribution in [0, 0.1) is 0 Å². The summed E-state index contributed by atoms with van der Waals surface area (Å²) in [5.41, 5.74) is 5.25. The average molecular weight is 453 g/mol. The lowest BCUT2D eigenvalue weighted by Gasteiger charge is -2.10. The Hall–Kier alpha value is -3.96. The van der Waals surface area contributed by atoms with Crippen molar-refractivity contribution in [3.8, 4) is 22.5 Å². The van der Waals surface area contributed by atoms with Crippen molar-refractivity contribution < 1.29 is 4.79 Å². The normalized spacial score (nSPS) is 10.9. The smallest absolute Gasteiger partial charge is 0.270 e. The molecule has 5 rings (SSSR count). The summed E-state index contributed by atoms with van der Waals surface area (Å²) in [6, 6.07) is 31.0. The first kappa shape index (κ1) is 20.9. The molecule has 0 unspecified atom stereocenters. The number of amides is 1. The number of carbonyl (C=O) groups excluding carboxylic acids is 1. The summed E-state index contributed by atoms with van der Waals surface area (Å²) in [7, 11) is 0. The number of halogens is 1. The number of aromatic nitrogens is 3. The van der Waals surface area contributed by atoms with Gasteiger partial charge in [-0.2, -0.15) is 5.10 Å². The van der Waals surface area contributed by atoms with Crippen LogP contribution in [0.2, 0.25) is 5.02 Å². The lowest BCUT2D eigenvalue weighted by molar-refractivity contribution is 0.0946. The van der Waals surface area contributed by atoms with Crippen molar-refractivity contribution in [3.05, 3.63) is 113 Å². The zero-order valence-electron chi connectivity index (χ0n) is 17.8. The topological polar surface area (TPSA) is 59.3 Å². The third-order valence-electron chi connectivity index (χ3n) is 5.42. The molecule has 2 aromatic heterocycles. The maximum absolute atomic E-state index is 13.2. The Morgan fingerprint density at radius 1 is 0.848 bits per heavy atom. The Bertz CT molecular complexity index is 1410. The average Bonchev–Trinajstić information content (AvgIpc) is 3.29. The zero-order chi connectivity index (χ0) is 22.6. The monoisotopic (exact) mass is 452 g/mol. The molecule has 5 aromatic rings. The second-order valence-electron chi connectivity index (χ2n) is 7.66. The molecule has 0 spiro atoms. The van der Waals surface area contributed by atoms with Crippen LogP contribution >= 0.6 is 11.6 Å². The van der Waals surface area contributed by atoms with Gasteiger partial charge in [0.1, 0.15) is 5.69 Å². The van der Waals surface area contributed by atoms with Crippen LogP contribution in [0.1, 0.15) is 16.1 Å². The minimum atomic E-state index is -0.214. The van der Waals surface area contributed by atoms with Crippen LogP contribution in [0.15, 0.2) is 97.1 Å². The van der Waals surface area contributed by atoms with E-state index in [0.29, 0.717) is 28.6 Å². The zero-order valence-corrected chi connectivity index (χ0v) is 18.5. The van der Waals surface area contributed by atoms with Gasteiger partial charge in [-0.25, -0.2) is 9.50 Å². The molecule has 0 saturated heterocycles. The predicted octanol–water partition coefficient (Wildman–Crippen LogP) is 5.69. The number of benzene rings is 3. The molecule has 0 aliphatic carbocycles. The van der Waals surface area contributed by atoms with Gasteiger partial charge < -0.3 is 5.32 Å². The molecular formula is C27H21ClN4O. The fourth-order valence-electron chi connectivity index (χ4n) is 3.75. The molecular weight excluding hydrogens is 432 g/mol. The molecule has 2 heterocycles. The van der Waals surface area contributed by atoms with Crippen molar-refractivity contribution in [3.63, 3.8) is 0 Å². The van der Waals surface area contributed by atoms with Crippen molar-refractivity contribution in [2.75, 3.05) is 6.54 Å². The minimum Gasteiger partial charge on any atom is -0.350 e. The molecule has 1 N–H and O–H groups in total. The van der Waals surface area contributed by atoms with Crippen LogP contribution in [0.25, 0.3) is 28.2 Å². The molecule has 3 aromatic carbocycles. The Balaban J connectivity index is 1.53. The quantitative estimate of drug-likeness (QED) is 0.360. The van der Waals surface area contributed by atoms with E-state index in [1.54, 1.807) is 10.6 Å². The summed E-state index contributed by atoms with van der Waals surface area (Å²) in [6.07, 6.45) is 0.743. The number of hydrogen-bond acceptors (Lipinski definition) is 3. The Morgan fingerprint density at radius 3 is 2.30 bits per heavy atom. The number of nitrogens with one attached hydrogen (secondary N) is 1. The number of rotatable bonds is 6. The van der Waals surface area contributed by atoms with Crippen molar-refractivity contribution in [2.24, 2.45) is 0 Å². The van der Waals surface area contributed by atoms with Gasteiger partial charge in [0.25, 0.3) is 5.91 Å². The Labute approximate surface area is 196 Å². The highest BCUT2D eigenvalue weighted by Crippen LogP contribution is 2.28. The van der Waals surface area contributed by atoms with Gasteiger partial charge in [-0.3, -0.25) is 4.79 Å². The molecule has 0 radical (unpaired) electrons. The van der Waals surface area contributed by atoms with Gasteiger partial charge in [-0.05, 0) is 24.1 Å². The van der Waals surface area contributed by atoms with E-state index in [-0.39, 0.29) is 5.91 Å². The first-order valence-corrected chi connectivity index (χ1v) is 11.1. The van der Waals surface area contributed by atoms with E-state index >= 15 is 0 Å². The highest BCUT2D eigenvalue weighted by atomic mass is 35.5. The molecule has 33 heavy (non-hydrogen) atoms. The standard InChI is InChI=1S/C27H21ClN4O/c28-22-14-8-7-13-21(22)24-17-25(27(33)29-16-15-19-9-3-1-4-10-19)32-26(30-24)18-23(31-32)20-11-5-2-6-12-20/h1-14,17-18H,15-16H2,(H,29,33). The van der Waals surface area contributed by atoms with Crippen LogP contribution in [0.4, 0.5) is 0 Å². The van der Waals surface area contributed by atoms with Crippen LogP contribution in [0.5, 0.6) is 0 Å². The van der Waals surface area contributed by atoms with E-state index in [2.05, 4.69) is 10.4 Å². The number of nitrogens with zero attached hydrogens (tertiary/aromatic N) is 3. The summed E-state index contributed by atoms with van der Waals surface area (Å²) < 4.78 is 1.60. The van der Waals surface area contributed by atoms with E-state index in [4.69, 9.17) is 16.6 Å². The van der Waals surface area contributed by atoms with Gasteiger partial charge in [-0.15, -0.1) is 0 Å². The third kappa shape index (κ3) is 4.49. The van der Waals surface area contributed by atoms with Crippen molar-refractivity contribution in [1.82, 2.24) is 19.9 Å². The molecule has 0 saturated carbocycles. The summed E-state index contributed by atoms with van der Waals surface area (Å²) in [4.78, 5) is 18.0. The third-order valence-corrected chi connectivity index (χ3v) is 5.75. The highest BCUT2D eigenvalue weighted by molar-refractivity contribution is 6.33. The van der Waals surface area contributed by atoms with Crippen LogP contribution < -0.4 is 5.32 Å². The van der Waals surface area contributed by atoms with Gasteiger partial charge in [0.15, 0.2) is 5.65 Å². The first-order valence-electron chi connectivity index (χ1n) is 10.7. The van der Waals surface area contributed by atoms with Crippen LogP contribution in [0.3, 0.4) is 0 Å². The van der Waals surface area contributed by atoms with E-state index in [1.165, 1.54) is 5.56 Å². The first-order chi connectivity index (χ1) is 16.2. The number of fused-ring (bicyclic) bond motifs is 1. The van der Waals surface area contributed by atoms with E-state index in [1.807, 2.05) is 91.0 Å². The summed E-state index contributed by atoms with van der Waals surface area (Å²) in [6.45, 7) is 0.515. The van der Waals surface area contributed by atoms with Gasteiger partial charge in [0.2, 0.25) is 0 Å². The molecule has 0 aliphatic rings. The van der Waals surface area contributed by atoms with E-state index in [9.17, 15) is 4.79 Å². The molecule has 0 bridgehead atoms. The molecule has 0 fully saturated rings. The SMILES string of the molecule is O=C(NCCc1ccccc1)c1cc(-c2ccccc2Cl)nc2cc(-c3ccccc3)nn12. The van der Waals surface area contributed by atoms with Crippen molar-refractivity contribution in [1.29, 1.82) is 0 Å². The molecule has 1 amide bonds. The molecule has 162 valence electrons. The minimum absolute atomic E-state index is 0.214. The fourth-order valence-corrected chi connectivity index (χ4v) is 3.98. The summed E-state index contributed by atoms with van der Waals surface area (Å²) >= 11 is 6.43. The van der Waals surface area contributed by atoms with Crippen LogP contribution in [-0.4, -0.2) is 27.0 Å². The number of carbonyl (C=O) groups is 1. The van der Waals surface area contributed by atoms with E-state index in [0.717, 1.165) is 23.2 Å². The maximum atomic E-state index is 13.2. The molecule has 5 nitrogen and oxygen atoms in total. The van der Waals surface area contributed by atoms with Crippen molar-refractivity contribution in [2.45, 2.75) is 6.42 Å². The number of hydrogen-bond donors (Lipinski definition) is 1. The molecule has 0 atom stereocenters. The van der Waals surface area contributed by atoms with Gasteiger partial charge in [0, 0.05) is 28.8 Å². The largest absolute Gasteiger partial charge is 0.350 e. The lowest BCUT2D eigenvalue weighted by Crippen LogP contribution is -2.28. The van der Waals surface area contributed by atoms with Crippen molar-refractivity contribution >= 4 is 23.2 Å². The summed E-state index contributed by atoms with van der Waals surface area (Å²) in [5, 5.41) is 8.29. The molecule has 0 aliphatic heterocycles. The summed E-state index contributed by atoms with van der Waals surface area (Å²) in [5.74, 6) is -0.214. The fraction of sp³-hybridized carbons (Fsp3) is 0.0741. The second-order valence-corrected chi connectivity index (χ2v) is 8.07.